The molecule has 0 heterocycles. The first kappa shape index (κ1) is 9.97. The molecule has 0 radical (unpaired) electrons. The maximum Gasteiger partial charge on any atom is 0.223 e. The van der Waals surface area contributed by atoms with Crippen molar-refractivity contribution in [2.45, 2.75) is 51.2 Å². The smallest absolute Gasteiger partial charge is 0.223 e. The van der Waals surface area contributed by atoms with Gasteiger partial charge in [-0.25, -0.2) is 0 Å². The number of aliphatic hydroxyl groups excluding tert-OH is 1. The molecule has 0 aromatic carbocycles. The number of hydrogen-bond acceptors (Lipinski definition) is 2. The lowest BCUT2D eigenvalue weighted by molar-refractivity contribution is -0.123. The van der Waals surface area contributed by atoms with E-state index in [1.807, 2.05) is 0 Å². The van der Waals surface area contributed by atoms with Crippen molar-refractivity contribution in [2.75, 3.05) is 0 Å². The van der Waals surface area contributed by atoms with Crippen molar-refractivity contribution < 1.29 is 9.90 Å². The molecule has 0 aromatic heterocycles. The largest absolute Gasteiger partial charge is 0.393 e. The number of aliphatic hydroxyl groups is 1. The van der Waals surface area contributed by atoms with Gasteiger partial charge in [0.15, 0.2) is 0 Å². The van der Waals surface area contributed by atoms with E-state index in [4.69, 9.17) is 0 Å². The Morgan fingerprint density at radius 3 is 2.57 bits per heavy atom. The second-order valence-corrected chi connectivity index (χ2v) is 4.84. The van der Waals surface area contributed by atoms with E-state index in [1.54, 1.807) is 0 Å². The zero-order chi connectivity index (χ0) is 10.1. The molecule has 2 saturated carbocycles. The van der Waals surface area contributed by atoms with Crippen molar-refractivity contribution in [2.24, 2.45) is 11.8 Å². The van der Waals surface area contributed by atoms with Gasteiger partial charge in [0.05, 0.1) is 6.10 Å². The topological polar surface area (TPSA) is 49.3 Å². The fourth-order valence-electron chi connectivity index (χ4n) is 2.18. The summed E-state index contributed by atoms with van der Waals surface area (Å²) in [7, 11) is 0. The van der Waals surface area contributed by atoms with E-state index in [9.17, 15) is 9.90 Å². The van der Waals surface area contributed by atoms with Gasteiger partial charge in [-0.15, -0.1) is 0 Å². The van der Waals surface area contributed by atoms with Crippen LogP contribution >= 0.6 is 0 Å². The van der Waals surface area contributed by atoms with Crippen molar-refractivity contribution in [1.29, 1.82) is 0 Å². The van der Waals surface area contributed by atoms with Crippen molar-refractivity contribution in [3.05, 3.63) is 0 Å². The van der Waals surface area contributed by atoms with Crippen LogP contribution in [-0.2, 0) is 4.79 Å². The number of amides is 1. The summed E-state index contributed by atoms with van der Waals surface area (Å²) in [5.74, 6) is 0.865. The van der Waals surface area contributed by atoms with Crippen LogP contribution < -0.4 is 5.32 Å². The summed E-state index contributed by atoms with van der Waals surface area (Å²) in [6, 6.07) is 0.307. The maximum absolute atomic E-state index is 11.5. The van der Waals surface area contributed by atoms with Gasteiger partial charge in [-0.1, -0.05) is 6.92 Å². The summed E-state index contributed by atoms with van der Waals surface area (Å²) >= 11 is 0. The number of carbonyl (C=O) groups excluding carboxylic acids is 1. The third-order valence-corrected chi connectivity index (χ3v) is 3.42. The summed E-state index contributed by atoms with van der Waals surface area (Å²) in [5.41, 5.74) is 0. The van der Waals surface area contributed by atoms with Gasteiger partial charge in [-0.05, 0) is 38.0 Å². The average molecular weight is 197 g/mol. The van der Waals surface area contributed by atoms with Gasteiger partial charge in [0.25, 0.3) is 0 Å². The van der Waals surface area contributed by atoms with Crippen molar-refractivity contribution in [1.82, 2.24) is 5.32 Å². The molecule has 2 fully saturated rings. The van der Waals surface area contributed by atoms with E-state index < -0.39 is 0 Å². The van der Waals surface area contributed by atoms with Gasteiger partial charge >= 0.3 is 0 Å². The predicted octanol–water partition coefficient (Wildman–Crippen LogP) is 1.06. The van der Waals surface area contributed by atoms with E-state index in [0.29, 0.717) is 17.9 Å². The highest BCUT2D eigenvalue weighted by Gasteiger charge is 2.33. The van der Waals surface area contributed by atoms with E-state index in [1.165, 1.54) is 0 Å². The highest BCUT2D eigenvalue weighted by Crippen LogP contribution is 2.30. The molecule has 80 valence electrons. The Morgan fingerprint density at radius 1 is 1.29 bits per heavy atom. The molecule has 1 amide bonds. The molecule has 3 heteroatoms. The van der Waals surface area contributed by atoms with Crippen LogP contribution in [0.2, 0.25) is 0 Å². The Balaban J connectivity index is 1.78. The Hall–Kier alpha value is -0.570. The Kier molecular flexibility index (Phi) is 2.77. The molecule has 2 rings (SSSR count). The highest BCUT2D eigenvalue weighted by atomic mass is 16.3. The van der Waals surface area contributed by atoms with Gasteiger partial charge in [-0.3, -0.25) is 4.79 Å². The monoisotopic (exact) mass is 197 g/mol. The van der Waals surface area contributed by atoms with E-state index in [0.717, 1.165) is 32.1 Å². The van der Waals surface area contributed by atoms with Crippen molar-refractivity contribution in [3.63, 3.8) is 0 Å². The molecule has 0 bridgehead atoms. The third-order valence-electron chi connectivity index (χ3n) is 3.42. The summed E-state index contributed by atoms with van der Waals surface area (Å²) in [6.45, 7) is 2.06. The molecular weight excluding hydrogens is 178 g/mol. The van der Waals surface area contributed by atoms with Crippen molar-refractivity contribution >= 4 is 5.91 Å². The molecule has 0 aliphatic heterocycles. The number of carbonyl (C=O) groups is 1. The van der Waals surface area contributed by atoms with Gasteiger partial charge in [0, 0.05) is 12.0 Å². The van der Waals surface area contributed by atoms with Gasteiger partial charge in [-0.2, -0.15) is 0 Å². The quantitative estimate of drug-likeness (QED) is 0.695. The number of hydrogen-bond donors (Lipinski definition) is 2. The van der Waals surface area contributed by atoms with Gasteiger partial charge < -0.3 is 10.4 Å². The average Bonchev–Trinajstić information content (AvgIpc) is 2.94. The first-order chi connectivity index (χ1) is 6.66. The molecule has 0 unspecified atom stereocenters. The second-order valence-electron chi connectivity index (χ2n) is 4.84. The number of nitrogens with one attached hydrogen (secondary N) is 1. The van der Waals surface area contributed by atoms with Crippen molar-refractivity contribution in [3.8, 4) is 0 Å². The first-order valence-electron chi connectivity index (χ1n) is 5.65. The van der Waals surface area contributed by atoms with E-state index in [2.05, 4.69) is 12.2 Å². The van der Waals surface area contributed by atoms with Crippen LogP contribution in [0.15, 0.2) is 0 Å². The van der Waals surface area contributed by atoms with Crippen LogP contribution in [0.3, 0.4) is 0 Å². The molecule has 0 saturated heterocycles. The third kappa shape index (κ3) is 2.27. The first-order valence-corrected chi connectivity index (χ1v) is 5.65. The molecular formula is C11H19NO2. The summed E-state index contributed by atoms with van der Waals surface area (Å²) in [4.78, 5) is 11.5. The Morgan fingerprint density at radius 2 is 2.00 bits per heavy atom. The lowest BCUT2D eigenvalue weighted by atomic mass is 9.84. The van der Waals surface area contributed by atoms with E-state index in [-0.39, 0.29) is 12.0 Å². The molecule has 14 heavy (non-hydrogen) atoms. The summed E-state index contributed by atoms with van der Waals surface area (Å²) < 4.78 is 0. The minimum absolute atomic E-state index is 0.163. The maximum atomic E-state index is 11.5. The molecule has 3 atom stereocenters. The fraction of sp³-hybridized carbons (Fsp3) is 0.909. The van der Waals surface area contributed by atoms with Crippen LogP contribution in [-0.4, -0.2) is 23.2 Å². The zero-order valence-corrected chi connectivity index (χ0v) is 8.70. The van der Waals surface area contributed by atoms with E-state index >= 15 is 0 Å². The summed E-state index contributed by atoms with van der Waals surface area (Å²) in [5, 5.41) is 12.6. The summed E-state index contributed by atoms with van der Waals surface area (Å²) in [6.07, 6.45) is 4.66. The predicted molar refractivity (Wildman–Crippen MR) is 53.7 cm³/mol. The van der Waals surface area contributed by atoms with Crippen LogP contribution in [0.4, 0.5) is 0 Å². The van der Waals surface area contributed by atoms with Gasteiger partial charge in [0.1, 0.15) is 0 Å². The molecule has 0 aromatic rings. The minimum atomic E-state index is -0.163. The Labute approximate surface area is 84.9 Å². The lowest BCUT2D eigenvalue weighted by Crippen LogP contribution is -2.42. The van der Waals surface area contributed by atoms with Crippen LogP contribution in [0.25, 0.3) is 0 Å². The fourth-order valence-corrected chi connectivity index (χ4v) is 2.18. The minimum Gasteiger partial charge on any atom is -0.393 e. The molecule has 2 aliphatic rings. The molecule has 2 aliphatic carbocycles. The zero-order valence-electron chi connectivity index (χ0n) is 8.70. The molecule has 3 nitrogen and oxygen atoms in total. The second kappa shape index (κ2) is 3.89. The Bertz CT molecular complexity index is 225. The van der Waals surface area contributed by atoms with Gasteiger partial charge in [0.2, 0.25) is 5.91 Å². The normalized spacial score (nSPS) is 38.0. The van der Waals surface area contributed by atoms with Crippen LogP contribution in [0, 0.1) is 11.8 Å². The molecule has 0 spiro atoms. The molecule has 2 N–H and O–H groups in total. The standard InChI is InChI=1S/C11H19NO2/c1-7-6-9(4-5-10(7)13)12-11(14)8-2-3-8/h7-10,13H,2-6H2,1H3,(H,12,14)/t7-,9+,10-/m1/s1. The highest BCUT2D eigenvalue weighted by molar-refractivity contribution is 5.81. The van der Waals surface area contributed by atoms with Crippen LogP contribution in [0.5, 0.6) is 0 Å². The lowest BCUT2D eigenvalue weighted by Gasteiger charge is -2.31. The van der Waals surface area contributed by atoms with Crippen LogP contribution in [0.1, 0.15) is 39.0 Å². The SMILES string of the molecule is C[C@@H]1C[C@@H](NC(=O)C2CC2)CC[C@H]1O. The number of rotatable bonds is 2.